The van der Waals surface area contributed by atoms with Crippen molar-refractivity contribution in [2.45, 2.75) is 45.2 Å². The Morgan fingerprint density at radius 1 is 1.19 bits per heavy atom. The van der Waals surface area contributed by atoms with E-state index in [-0.39, 0.29) is 0 Å². The van der Waals surface area contributed by atoms with Gasteiger partial charge < -0.3 is 19.4 Å². The highest BCUT2D eigenvalue weighted by Crippen LogP contribution is 2.26. The molecule has 0 spiro atoms. The Hall–Kier alpha value is -1.78. The minimum atomic E-state index is -1.36. The number of aliphatic hydroxyl groups is 2. The lowest BCUT2D eigenvalue weighted by Crippen LogP contribution is -2.32. The molecule has 1 aromatic heterocycles. The van der Waals surface area contributed by atoms with E-state index in [1.165, 1.54) is 17.3 Å². The van der Waals surface area contributed by atoms with Crippen LogP contribution in [0.3, 0.4) is 0 Å². The standard InChI is InChI=1S/C21H27NO4S/c1-15-7-9-17(10-8-15)19-22-18(16(2)26-19)11-13-25-12-5-6-14-27-21(3,4)20(23)24/h7-10,20,23-24H,11-14H2,1-4H3. The van der Waals surface area contributed by atoms with E-state index in [1.54, 1.807) is 13.8 Å². The largest absolute Gasteiger partial charge is 0.441 e. The molecule has 0 saturated heterocycles. The first-order valence-electron chi connectivity index (χ1n) is 8.86. The summed E-state index contributed by atoms with van der Waals surface area (Å²) >= 11 is 1.40. The molecule has 2 N–H and O–H groups in total. The summed E-state index contributed by atoms with van der Waals surface area (Å²) in [6.45, 7) is 8.35. The van der Waals surface area contributed by atoms with Crippen molar-refractivity contribution in [1.29, 1.82) is 0 Å². The maximum atomic E-state index is 9.22. The highest BCUT2D eigenvalue weighted by atomic mass is 32.2. The molecule has 27 heavy (non-hydrogen) atoms. The smallest absolute Gasteiger partial charge is 0.226 e. The Bertz CT molecular complexity index is 785. The molecule has 0 aliphatic rings. The number of rotatable bonds is 8. The zero-order valence-corrected chi connectivity index (χ0v) is 17.1. The van der Waals surface area contributed by atoms with Gasteiger partial charge in [-0.25, -0.2) is 4.98 Å². The van der Waals surface area contributed by atoms with E-state index >= 15 is 0 Å². The van der Waals surface area contributed by atoms with Crippen LogP contribution in [0.25, 0.3) is 11.5 Å². The molecular weight excluding hydrogens is 362 g/mol. The number of ether oxygens (including phenoxy) is 1. The zero-order chi connectivity index (χ0) is 19.9. The fourth-order valence-corrected chi connectivity index (χ4v) is 2.87. The molecule has 1 heterocycles. The van der Waals surface area contributed by atoms with Gasteiger partial charge in [0.1, 0.15) is 12.4 Å². The molecular formula is C21H27NO4S. The van der Waals surface area contributed by atoms with E-state index in [4.69, 9.17) is 9.15 Å². The zero-order valence-electron chi connectivity index (χ0n) is 16.3. The predicted molar refractivity (Wildman–Crippen MR) is 108 cm³/mol. The van der Waals surface area contributed by atoms with Gasteiger partial charge in [-0.1, -0.05) is 29.5 Å². The normalized spacial score (nSPS) is 11.5. The van der Waals surface area contributed by atoms with Gasteiger partial charge in [-0.2, -0.15) is 0 Å². The molecule has 0 aliphatic carbocycles. The first-order chi connectivity index (χ1) is 12.8. The molecule has 146 valence electrons. The molecule has 2 rings (SSSR count). The summed E-state index contributed by atoms with van der Waals surface area (Å²) in [7, 11) is 0. The summed E-state index contributed by atoms with van der Waals surface area (Å²) in [5, 5.41) is 18.4. The minimum Gasteiger partial charge on any atom is -0.441 e. The fourth-order valence-electron chi connectivity index (χ4n) is 2.17. The third-order valence-electron chi connectivity index (χ3n) is 4.11. The highest BCUT2D eigenvalue weighted by Gasteiger charge is 2.25. The van der Waals surface area contributed by atoms with Crippen molar-refractivity contribution in [2.24, 2.45) is 0 Å². The van der Waals surface area contributed by atoms with Crippen LogP contribution >= 0.6 is 11.8 Å². The second kappa shape index (κ2) is 9.95. The Morgan fingerprint density at radius 2 is 1.89 bits per heavy atom. The first kappa shape index (κ1) is 21.5. The predicted octanol–water partition coefficient (Wildman–Crippen LogP) is 3.34. The molecule has 0 saturated carbocycles. The van der Waals surface area contributed by atoms with Gasteiger partial charge in [-0.05, 0) is 39.8 Å². The van der Waals surface area contributed by atoms with Gasteiger partial charge in [-0.3, -0.25) is 0 Å². The van der Waals surface area contributed by atoms with E-state index in [2.05, 4.69) is 16.8 Å². The molecule has 0 radical (unpaired) electrons. The lowest BCUT2D eigenvalue weighted by Gasteiger charge is -2.24. The van der Waals surface area contributed by atoms with Crippen molar-refractivity contribution in [2.75, 3.05) is 19.0 Å². The van der Waals surface area contributed by atoms with Crippen LogP contribution in [0.4, 0.5) is 0 Å². The van der Waals surface area contributed by atoms with Crippen LogP contribution in [0.2, 0.25) is 0 Å². The lowest BCUT2D eigenvalue weighted by atomic mass is 10.1. The van der Waals surface area contributed by atoms with Gasteiger partial charge >= 0.3 is 0 Å². The summed E-state index contributed by atoms with van der Waals surface area (Å²) in [5.41, 5.74) is 3.06. The van der Waals surface area contributed by atoms with Gasteiger partial charge in [-0.15, -0.1) is 11.8 Å². The van der Waals surface area contributed by atoms with Crippen LogP contribution in [0, 0.1) is 25.7 Å². The van der Waals surface area contributed by atoms with Crippen molar-refractivity contribution in [3.63, 3.8) is 0 Å². The van der Waals surface area contributed by atoms with E-state index in [0.29, 0.717) is 31.3 Å². The number of hydrogen-bond acceptors (Lipinski definition) is 6. The molecule has 0 atom stereocenters. The third kappa shape index (κ3) is 6.71. The Morgan fingerprint density at radius 3 is 2.56 bits per heavy atom. The average Bonchev–Trinajstić information content (AvgIpc) is 2.98. The second-order valence-corrected chi connectivity index (χ2v) is 8.44. The monoisotopic (exact) mass is 389 g/mol. The number of hydrogen-bond donors (Lipinski definition) is 2. The molecule has 1 aromatic carbocycles. The van der Waals surface area contributed by atoms with Crippen LogP contribution in [0.15, 0.2) is 28.7 Å². The first-order valence-corrected chi connectivity index (χ1v) is 9.85. The van der Waals surface area contributed by atoms with Crippen LogP contribution in [0.5, 0.6) is 0 Å². The van der Waals surface area contributed by atoms with Crippen LogP contribution < -0.4 is 0 Å². The second-order valence-electron chi connectivity index (χ2n) is 6.81. The van der Waals surface area contributed by atoms with Crippen molar-refractivity contribution < 1.29 is 19.4 Å². The maximum absolute atomic E-state index is 9.22. The minimum absolute atomic E-state index is 0.338. The number of aliphatic hydroxyl groups excluding tert-OH is 1. The number of thioether (sulfide) groups is 1. The molecule has 0 aliphatic heterocycles. The number of aryl methyl sites for hydroxylation is 2. The summed E-state index contributed by atoms with van der Waals surface area (Å²) in [6, 6.07) is 8.09. The summed E-state index contributed by atoms with van der Waals surface area (Å²) in [6.07, 6.45) is -0.697. The van der Waals surface area contributed by atoms with Crippen molar-refractivity contribution in [3.8, 4) is 23.3 Å². The van der Waals surface area contributed by atoms with Gasteiger partial charge in [0, 0.05) is 12.0 Å². The summed E-state index contributed by atoms with van der Waals surface area (Å²) < 4.78 is 10.7. The van der Waals surface area contributed by atoms with Gasteiger partial charge in [0.2, 0.25) is 5.89 Å². The van der Waals surface area contributed by atoms with Crippen LogP contribution in [0.1, 0.15) is 30.9 Å². The lowest BCUT2D eigenvalue weighted by molar-refractivity contribution is -0.0605. The average molecular weight is 390 g/mol. The van der Waals surface area contributed by atoms with Crippen molar-refractivity contribution >= 4 is 11.8 Å². The van der Waals surface area contributed by atoms with Crippen LogP contribution in [-0.4, -0.2) is 45.2 Å². The molecule has 2 aromatic rings. The number of aromatic nitrogens is 1. The van der Waals surface area contributed by atoms with Crippen molar-refractivity contribution in [1.82, 2.24) is 4.98 Å². The number of nitrogens with zero attached hydrogens (tertiary/aromatic N) is 1. The van der Waals surface area contributed by atoms with Crippen molar-refractivity contribution in [3.05, 3.63) is 41.3 Å². The topological polar surface area (TPSA) is 75.7 Å². The van der Waals surface area contributed by atoms with Gasteiger partial charge in [0.05, 0.1) is 22.8 Å². The van der Waals surface area contributed by atoms with E-state index in [1.807, 2.05) is 38.1 Å². The fraction of sp³-hybridized carbons (Fsp3) is 0.476. The Kier molecular flexibility index (Phi) is 7.93. The molecule has 5 nitrogen and oxygen atoms in total. The quantitative estimate of drug-likeness (QED) is 0.410. The Labute approximate surface area is 165 Å². The molecule has 0 fully saturated rings. The molecule has 0 unspecified atom stereocenters. The van der Waals surface area contributed by atoms with E-state index < -0.39 is 11.0 Å². The van der Waals surface area contributed by atoms with E-state index in [9.17, 15) is 10.2 Å². The molecule has 0 bridgehead atoms. The molecule has 6 heteroatoms. The van der Waals surface area contributed by atoms with E-state index in [0.717, 1.165) is 17.0 Å². The Balaban J connectivity index is 1.74. The summed E-state index contributed by atoms with van der Waals surface area (Å²) in [4.78, 5) is 4.57. The number of benzene rings is 1. The molecule has 0 amide bonds. The maximum Gasteiger partial charge on any atom is 0.226 e. The SMILES string of the molecule is Cc1ccc(-c2nc(CCOCC#CCSC(C)(C)C(O)O)c(C)o2)cc1. The third-order valence-corrected chi connectivity index (χ3v) is 5.36. The number of oxazole rings is 1. The highest BCUT2D eigenvalue weighted by molar-refractivity contribution is 8.00. The van der Waals surface area contributed by atoms with Crippen LogP contribution in [-0.2, 0) is 11.2 Å². The summed E-state index contributed by atoms with van der Waals surface area (Å²) in [5.74, 6) is 7.87. The van der Waals surface area contributed by atoms with Gasteiger partial charge in [0.25, 0.3) is 0 Å². The van der Waals surface area contributed by atoms with Gasteiger partial charge in [0.15, 0.2) is 6.29 Å².